The summed E-state index contributed by atoms with van der Waals surface area (Å²) in [5.41, 5.74) is 1.20. The van der Waals surface area contributed by atoms with Gasteiger partial charge in [0.05, 0.1) is 12.8 Å². The third-order valence-electron chi connectivity index (χ3n) is 3.88. The van der Waals surface area contributed by atoms with E-state index in [9.17, 15) is 9.59 Å². The largest absolute Gasteiger partial charge is 0.497 e. The first-order valence-corrected chi connectivity index (χ1v) is 7.63. The van der Waals surface area contributed by atoms with E-state index in [4.69, 9.17) is 4.74 Å². The minimum Gasteiger partial charge on any atom is -0.497 e. The molecule has 1 unspecified atom stereocenters. The van der Waals surface area contributed by atoms with Gasteiger partial charge in [0.15, 0.2) is 0 Å². The first-order valence-electron chi connectivity index (χ1n) is 7.63. The highest BCUT2D eigenvalue weighted by molar-refractivity contribution is 5.80. The van der Waals surface area contributed by atoms with Gasteiger partial charge in [0.1, 0.15) is 11.8 Å². The summed E-state index contributed by atoms with van der Waals surface area (Å²) >= 11 is 0. The third-order valence-corrected chi connectivity index (χ3v) is 3.88. The minimum atomic E-state index is -0.638. The highest BCUT2D eigenvalue weighted by Crippen LogP contribution is 2.21. The lowest BCUT2D eigenvalue weighted by atomic mass is 10.1. The van der Waals surface area contributed by atoms with Crippen molar-refractivity contribution in [2.45, 2.75) is 31.8 Å². The predicted molar refractivity (Wildman–Crippen MR) is 86.4 cm³/mol. The maximum Gasteiger partial charge on any atom is 0.267 e. The molecule has 23 heavy (non-hydrogen) atoms. The summed E-state index contributed by atoms with van der Waals surface area (Å²) < 4.78 is 6.37. The Balaban J connectivity index is 1.88. The molecule has 3 rings (SSSR count). The molecule has 1 saturated carbocycles. The second-order valence-corrected chi connectivity index (χ2v) is 5.69. The quantitative estimate of drug-likeness (QED) is 0.913. The standard InChI is InChI=1S/C17H19N3O3/c1-11(17(22)18-13-5-6-13)20-16(21)10-9-15(19-20)12-3-7-14(23-2)8-4-12/h3-4,7-11,13H,5-6H2,1-2H3,(H,18,22). The third kappa shape index (κ3) is 3.41. The van der Waals surface area contributed by atoms with Crippen molar-refractivity contribution >= 4 is 5.91 Å². The van der Waals surface area contributed by atoms with E-state index in [1.165, 1.54) is 10.7 Å². The summed E-state index contributed by atoms with van der Waals surface area (Å²) in [5.74, 6) is 0.577. The lowest BCUT2D eigenvalue weighted by molar-refractivity contribution is -0.124. The van der Waals surface area contributed by atoms with E-state index in [-0.39, 0.29) is 17.5 Å². The molecule has 2 aromatic rings. The second-order valence-electron chi connectivity index (χ2n) is 5.69. The van der Waals surface area contributed by atoms with E-state index in [2.05, 4.69) is 10.4 Å². The van der Waals surface area contributed by atoms with Crippen LogP contribution < -0.4 is 15.6 Å². The average molecular weight is 313 g/mol. The number of methoxy groups -OCH3 is 1. The van der Waals surface area contributed by atoms with Gasteiger partial charge in [-0.25, -0.2) is 4.68 Å². The Morgan fingerprint density at radius 1 is 1.26 bits per heavy atom. The van der Waals surface area contributed by atoms with Gasteiger partial charge < -0.3 is 10.1 Å². The summed E-state index contributed by atoms with van der Waals surface area (Å²) in [5, 5.41) is 7.25. The Bertz CT molecular complexity index is 763. The van der Waals surface area contributed by atoms with Crippen molar-refractivity contribution in [2.24, 2.45) is 0 Å². The zero-order valence-electron chi connectivity index (χ0n) is 13.2. The fourth-order valence-corrected chi connectivity index (χ4v) is 2.28. The molecule has 1 aromatic heterocycles. The Hall–Kier alpha value is -2.63. The van der Waals surface area contributed by atoms with Crippen LogP contribution >= 0.6 is 0 Å². The monoisotopic (exact) mass is 313 g/mol. The van der Waals surface area contributed by atoms with Gasteiger partial charge in [0.25, 0.3) is 5.56 Å². The molecule has 120 valence electrons. The summed E-state index contributed by atoms with van der Waals surface area (Å²) in [7, 11) is 1.60. The molecule has 0 radical (unpaired) electrons. The Morgan fingerprint density at radius 2 is 1.96 bits per heavy atom. The van der Waals surface area contributed by atoms with Crippen molar-refractivity contribution in [3.05, 3.63) is 46.8 Å². The van der Waals surface area contributed by atoms with Gasteiger partial charge in [0.2, 0.25) is 5.91 Å². The van der Waals surface area contributed by atoms with Crippen LogP contribution in [0, 0.1) is 0 Å². The van der Waals surface area contributed by atoms with Crippen LogP contribution in [0.25, 0.3) is 11.3 Å². The summed E-state index contributed by atoms with van der Waals surface area (Å²) in [6.07, 6.45) is 2.01. The zero-order chi connectivity index (χ0) is 16.4. The van der Waals surface area contributed by atoms with E-state index < -0.39 is 6.04 Å². The fourth-order valence-electron chi connectivity index (χ4n) is 2.28. The molecule has 0 aliphatic heterocycles. The van der Waals surface area contributed by atoms with Crippen LogP contribution in [-0.4, -0.2) is 28.8 Å². The van der Waals surface area contributed by atoms with Crippen LogP contribution in [0.15, 0.2) is 41.2 Å². The van der Waals surface area contributed by atoms with Crippen molar-refractivity contribution in [2.75, 3.05) is 7.11 Å². The molecule has 1 amide bonds. The molecule has 1 aliphatic rings. The number of nitrogens with one attached hydrogen (secondary N) is 1. The number of hydrogen-bond acceptors (Lipinski definition) is 4. The number of aromatic nitrogens is 2. The number of amides is 1. The van der Waals surface area contributed by atoms with E-state index in [0.717, 1.165) is 24.2 Å². The van der Waals surface area contributed by atoms with Crippen molar-refractivity contribution < 1.29 is 9.53 Å². The molecule has 6 heteroatoms. The van der Waals surface area contributed by atoms with Gasteiger partial charge in [0, 0.05) is 17.7 Å². The van der Waals surface area contributed by atoms with Gasteiger partial charge in [-0.15, -0.1) is 0 Å². The van der Waals surface area contributed by atoms with Crippen LogP contribution in [0.3, 0.4) is 0 Å². The molecule has 1 N–H and O–H groups in total. The van der Waals surface area contributed by atoms with E-state index in [0.29, 0.717) is 5.69 Å². The molecule has 1 atom stereocenters. The molecule has 1 aliphatic carbocycles. The van der Waals surface area contributed by atoms with Gasteiger partial charge in [-0.3, -0.25) is 9.59 Å². The van der Waals surface area contributed by atoms with Crippen LogP contribution in [0.4, 0.5) is 0 Å². The van der Waals surface area contributed by atoms with Crippen LogP contribution in [0.1, 0.15) is 25.8 Å². The summed E-state index contributed by atoms with van der Waals surface area (Å²) in [4.78, 5) is 24.2. The minimum absolute atomic E-state index is 0.172. The maximum absolute atomic E-state index is 12.2. The van der Waals surface area contributed by atoms with E-state index in [1.807, 2.05) is 24.3 Å². The first kappa shape index (κ1) is 15.3. The van der Waals surface area contributed by atoms with Crippen molar-refractivity contribution in [3.8, 4) is 17.0 Å². The van der Waals surface area contributed by atoms with Crippen molar-refractivity contribution in [1.29, 1.82) is 0 Å². The molecular weight excluding hydrogens is 294 g/mol. The number of carbonyl (C=O) groups excluding carboxylic acids is 1. The molecule has 1 heterocycles. The summed E-state index contributed by atoms with van der Waals surface area (Å²) in [6, 6.07) is 10.1. The molecule has 0 spiro atoms. The van der Waals surface area contributed by atoms with E-state index >= 15 is 0 Å². The Morgan fingerprint density at radius 3 is 2.57 bits per heavy atom. The molecule has 0 bridgehead atoms. The van der Waals surface area contributed by atoms with Crippen molar-refractivity contribution in [1.82, 2.24) is 15.1 Å². The lowest BCUT2D eigenvalue weighted by Gasteiger charge is -2.14. The molecule has 6 nitrogen and oxygen atoms in total. The number of hydrogen-bond donors (Lipinski definition) is 1. The van der Waals surface area contributed by atoms with Gasteiger partial charge in [-0.1, -0.05) is 0 Å². The number of benzene rings is 1. The molecule has 1 aromatic carbocycles. The van der Waals surface area contributed by atoms with Gasteiger partial charge in [-0.2, -0.15) is 5.10 Å². The predicted octanol–water partition coefficient (Wildman–Crippen LogP) is 1.76. The first-order chi connectivity index (χ1) is 11.1. The average Bonchev–Trinajstić information content (AvgIpc) is 3.38. The Labute approximate surface area is 134 Å². The lowest BCUT2D eigenvalue weighted by Crippen LogP contribution is -2.37. The highest BCUT2D eigenvalue weighted by Gasteiger charge is 2.27. The number of carbonyl (C=O) groups is 1. The van der Waals surface area contributed by atoms with Crippen molar-refractivity contribution in [3.63, 3.8) is 0 Å². The topological polar surface area (TPSA) is 73.2 Å². The number of ether oxygens (including phenoxy) is 1. The SMILES string of the molecule is COc1ccc(-c2ccc(=O)n(C(C)C(=O)NC3CC3)n2)cc1. The van der Waals surface area contributed by atoms with Crippen LogP contribution in [0.5, 0.6) is 5.75 Å². The van der Waals surface area contributed by atoms with Gasteiger partial charge in [-0.05, 0) is 50.1 Å². The molecular formula is C17H19N3O3. The smallest absolute Gasteiger partial charge is 0.267 e. The summed E-state index contributed by atoms with van der Waals surface area (Å²) in [6.45, 7) is 1.68. The van der Waals surface area contributed by atoms with Crippen LogP contribution in [0.2, 0.25) is 0 Å². The molecule has 1 fully saturated rings. The van der Waals surface area contributed by atoms with Gasteiger partial charge >= 0.3 is 0 Å². The zero-order valence-corrected chi connectivity index (χ0v) is 13.2. The van der Waals surface area contributed by atoms with Crippen LogP contribution in [-0.2, 0) is 4.79 Å². The molecule has 0 saturated heterocycles. The van der Waals surface area contributed by atoms with E-state index in [1.54, 1.807) is 20.1 Å². The Kier molecular flexibility index (Phi) is 4.14. The number of rotatable bonds is 5. The highest BCUT2D eigenvalue weighted by atomic mass is 16.5. The normalized spacial score (nSPS) is 15.0. The second kappa shape index (κ2) is 6.24. The number of nitrogens with zero attached hydrogens (tertiary/aromatic N) is 2. The maximum atomic E-state index is 12.2. The fraction of sp³-hybridized carbons (Fsp3) is 0.353.